The third kappa shape index (κ3) is 2.47. The van der Waals surface area contributed by atoms with E-state index >= 15 is 0 Å². The molecule has 19 heavy (non-hydrogen) atoms. The molecule has 2 rings (SSSR count). The highest BCUT2D eigenvalue weighted by atomic mass is 35.5. The summed E-state index contributed by atoms with van der Waals surface area (Å²) >= 11 is 6.70. The molecule has 2 aromatic heterocycles. The maximum Gasteiger partial charge on any atom is 0.340 e. The van der Waals surface area contributed by atoms with Crippen LogP contribution in [0.2, 0.25) is 5.02 Å². The third-order valence-corrected chi connectivity index (χ3v) is 3.78. The highest BCUT2D eigenvalue weighted by molar-refractivity contribution is 7.11. The molecule has 0 aliphatic heterocycles. The number of carboxylic acids is 1. The van der Waals surface area contributed by atoms with Gasteiger partial charge in [0.1, 0.15) is 16.3 Å². The molecular formula is C11H10ClN3O3S. The Labute approximate surface area is 117 Å². The van der Waals surface area contributed by atoms with Gasteiger partial charge in [0, 0.05) is 13.2 Å². The lowest BCUT2D eigenvalue weighted by Gasteiger charge is -2.14. The first-order chi connectivity index (χ1) is 8.91. The van der Waals surface area contributed by atoms with Crippen LogP contribution in [0.5, 0.6) is 0 Å². The van der Waals surface area contributed by atoms with Crippen molar-refractivity contribution >= 4 is 40.0 Å². The van der Waals surface area contributed by atoms with Crippen LogP contribution in [0.25, 0.3) is 0 Å². The summed E-state index contributed by atoms with van der Waals surface area (Å²) in [6.45, 7) is 1.59. The van der Waals surface area contributed by atoms with Crippen molar-refractivity contribution in [3.05, 3.63) is 34.2 Å². The number of nitrogens with one attached hydrogen (secondary N) is 1. The minimum absolute atomic E-state index is 0.0403. The van der Waals surface area contributed by atoms with Gasteiger partial charge in [0.15, 0.2) is 0 Å². The van der Waals surface area contributed by atoms with Gasteiger partial charge in [-0.1, -0.05) is 11.6 Å². The summed E-state index contributed by atoms with van der Waals surface area (Å²) in [5.41, 5.74) is 0.713. The Bertz CT molecular complexity index is 649. The standard InChI is InChI=1S/C11H10ClN3O3S/c1-5-8(11(17)18)10(19-14-5)15(2)9(16)7-3-6(12)4-13-7/h3-4,13H,1-2H3,(H,17,18). The fourth-order valence-electron chi connectivity index (χ4n) is 1.60. The number of amides is 1. The maximum atomic E-state index is 12.2. The van der Waals surface area contributed by atoms with Crippen LogP contribution in [-0.4, -0.2) is 33.4 Å². The van der Waals surface area contributed by atoms with E-state index in [4.69, 9.17) is 16.7 Å². The summed E-state index contributed by atoms with van der Waals surface area (Å²) in [7, 11) is 1.50. The second-order valence-corrected chi connectivity index (χ2v) is 5.04. The second-order valence-electron chi connectivity index (χ2n) is 3.85. The van der Waals surface area contributed by atoms with E-state index in [0.29, 0.717) is 15.7 Å². The molecule has 0 saturated carbocycles. The van der Waals surface area contributed by atoms with E-state index in [2.05, 4.69) is 9.36 Å². The first-order valence-corrected chi connectivity index (χ1v) is 6.38. The molecule has 6 nitrogen and oxygen atoms in total. The molecule has 2 N–H and O–H groups in total. The van der Waals surface area contributed by atoms with E-state index in [1.807, 2.05) is 0 Å². The van der Waals surface area contributed by atoms with E-state index in [-0.39, 0.29) is 17.2 Å². The lowest BCUT2D eigenvalue weighted by Crippen LogP contribution is -2.27. The molecule has 8 heteroatoms. The van der Waals surface area contributed by atoms with Gasteiger partial charge in [-0.15, -0.1) is 0 Å². The molecule has 2 aromatic rings. The number of carboxylic acid groups (broad SMARTS) is 1. The number of aromatic carboxylic acids is 1. The Kier molecular flexibility index (Phi) is 3.59. The first-order valence-electron chi connectivity index (χ1n) is 5.23. The summed E-state index contributed by atoms with van der Waals surface area (Å²) in [4.78, 5) is 27.3. The monoisotopic (exact) mass is 299 g/mol. The molecule has 2 heterocycles. The summed E-state index contributed by atoms with van der Waals surface area (Å²) in [5.74, 6) is -1.48. The maximum absolute atomic E-state index is 12.2. The lowest BCUT2D eigenvalue weighted by atomic mass is 10.2. The number of halogens is 1. The van der Waals surface area contributed by atoms with Crippen LogP contribution in [0.4, 0.5) is 5.00 Å². The van der Waals surface area contributed by atoms with Crippen molar-refractivity contribution in [3.63, 3.8) is 0 Å². The fourth-order valence-corrected chi connectivity index (χ4v) is 2.61. The zero-order chi connectivity index (χ0) is 14.2. The largest absolute Gasteiger partial charge is 0.478 e. The van der Waals surface area contributed by atoms with Crippen molar-refractivity contribution < 1.29 is 14.7 Å². The number of nitrogens with zero attached hydrogens (tertiary/aromatic N) is 2. The molecule has 0 radical (unpaired) electrons. The predicted molar refractivity (Wildman–Crippen MR) is 72.3 cm³/mol. The minimum atomic E-state index is -1.11. The van der Waals surface area contributed by atoms with E-state index < -0.39 is 5.97 Å². The Morgan fingerprint density at radius 1 is 1.53 bits per heavy atom. The average Bonchev–Trinajstić information content (AvgIpc) is 2.93. The summed E-state index contributed by atoms with van der Waals surface area (Å²) in [6.07, 6.45) is 1.48. The quantitative estimate of drug-likeness (QED) is 0.911. The molecule has 0 saturated heterocycles. The Balaban J connectivity index is 2.37. The van der Waals surface area contributed by atoms with Gasteiger partial charge in [0.25, 0.3) is 5.91 Å². The molecule has 1 amide bonds. The average molecular weight is 300 g/mol. The summed E-state index contributed by atoms with van der Waals surface area (Å²) in [5, 5.41) is 9.85. The predicted octanol–water partition coefficient (Wildman–Crippen LogP) is 2.41. The molecule has 0 spiro atoms. The van der Waals surface area contributed by atoms with Gasteiger partial charge < -0.3 is 10.1 Å². The highest BCUT2D eigenvalue weighted by Crippen LogP contribution is 2.28. The molecule has 0 aliphatic carbocycles. The normalized spacial score (nSPS) is 10.5. The van der Waals surface area contributed by atoms with Crippen LogP contribution in [0.1, 0.15) is 26.5 Å². The number of aromatic nitrogens is 2. The minimum Gasteiger partial charge on any atom is -0.478 e. The molecule has 0 bridgehead atoms. The molecule has 100 valence electrons. The molecule has 0 unspecified atom stereocenters. The summed E-state index contributed by atoms with van der Waals surface area (Å²) in [6, 6.07) is 1.48. The number of aryl methyl sites for hydroxylation is 1. The summed E-state index contributed by atoms with van der Waals surface area (Å²) < 4.78 is 3.97. The molecule has 0 aromatic carbocycles. The van der Waals surface area contributed by atoms with Crippen LogP contribution in [0, 0.1) is 6.92 Å². The topological polar surface area (TPSA) is 86.3 Å². The van der Waals surface area contributed by atoms with Gasteiger partial charge >= 0.3 is 5.97 Å². The van der Waals surface area contributed by atoms with Crippen molar-refractivity contribution in [1.29, 1.82) is 0 Å². The number of hydrogen-bond acceptors (Lipinski definition) is 4. The zero-order valence-corrected chi connectivity index (χ0v) is 11.7. The van der Waals surface area contributed by atoms with Gasteiger partial charge in [0.05, 0.1) is 10.7 Å². The van der Waals surface area contributed by atoms with Gasteiger partial charge in [-0.2, -0.15) is 4.37 Å². The zero-order valence-electron chi connectivity index (χ0n) is 10.1. The number of hydrogen-bond donors (Lipinski definition) is 2. The fraction of sp³-hybridized carbons (Fsp3) is 0.182. The van der Waals surface area contributed by atoms with Crippen molar-refractivity contribution in [2.75, 3.05) is 11.9 Å². The number of rotatable bonds is 3. The van der Waals surface area contributed by atoms with Crippen LogP contribution >= 0.6 is 23.1 Å². The number of carbonyl (C=O) groups is 2. The number of H-pyrrole nitrogens is 1. The van der Waals surface area contributed by atoms with Gasteiger partial charge in [-0.3, -0.25) is 9.69 Å². The van der Waals surface area contributed by atoms with Crippen molar-refractivity contribution in [1.82, 2.24) is 9.36 Å². The lowest BCUT2D eigenvalue weighted by molar-refractivity contribution is 0.0697. The van der Waals surface area contributed by atoms with E-state index in [1.165, 1.54) is 24.2 Å². The van der Waals surface area contributed by atoms with Crippen molar-refractivity contribution in [3.8, 4) is 0 Å². The second kappa shape index (κ2) is 5.02. The van der Waals surface area contributed by atoms with Crippen molar-refractivity contribution in [2.24, 2.45) is 0 Å². The van der Waals surface area contributed by atoms with Crippen LogP contribution in [0.3, 0.4) is 0 Å². The van der Waals surface area contributed by atoms with Crippen LogP contribution in [0.15, 0.2) is 12.3 Å². The number of anilines is 1. The van der Waals surface area contributed by atoms with Crippen LogP contribution in [-0.2, 0) is 0 Å². The number of aromatic amines is 1. The van der Waals surface area contributed by atoms with Gasteiger partial charge in [-0.05, 0) is 24.5 Å². The molecular weight excluding hydrogens is 290 g/mol. The highest BCUT2D eigenvalue weighted by Gasteiger charge is 2.25. The smallest absolute Gasteiger partial charge is 0.340 e. The van der Waals surface area contributed by atoms with Crippen molar-refractivity contribution in [2.45, 2.75) is 6.92 Å². The van der Waals surface area contributed by atoms with Gasteiger partial charge in [0.2, 0.25) is 0 Å². The molecule has 0 aliphatic rings. The van der Waals surface area contributed by atoms with E-state index in [0.717, 1.165) is 11.5 Å². The van der Waals surface area contributed by atoms with Gasteiger partial charge in [-0.25, -0.2) is 4.79 Å². The first kappa shape index (κ1) is 13.6. The number of carbonyl (C=O) groups excluding carboxylic acids is 1. The Morgan fingerprint density at radius 2 is 2.21 bits per heavy atom. The molecule has 0 fully saturated rings. The van der Waals surface area contributed by atoms with E-state index in [9.17, 15) is 9.59 Å². The Morgan fingerprint density at radius 3 is 2.74 bits per heavy atom. The Hall–Kier alpha value is -1.86. The SMILES string of the molecule is Cc1nsc(N(C)C(=O)c2cc(Cl)c[nH]2)c1C(=O)O. The van der Waals surface area contributed by atoms with E-state index in [1.54, 1.807) is 6.92 Å². The van der Waals surface area contributed by atoms with Crippen LogP contribution < -0.4 is 4.90 Å². The molecule has 0 atom stereocenters. The third-order valence-electron chi connectivity index (χ3n) is 2.55.